The van der Waals surface area contributed by atoms with Crippen molar-refractivity contribution in [1.29, 1.82) is 0 Å². The predicted octanol–water partition coefficient (Wildman–Crippen LogP) is 2.03. The van der Waals surface area contributed by atoms with Crippen molar-refractivity contribution in [1.82, 2.24) is 14.8 Å². The van der Waals surface area contributed by atoms with E-state index in [1.54, 1.807) is 13.2 Å². The largest absolute Gasteiger partial charge is 0.294 e. The summed E-state index contributed by atoms with van der Waals surface area (Å²) in [6, 6.07) is 4.16. The van der Waals surface area contributed by atoms with E-state index in [-0.39, 0.29) is 5.56 Å². The molecule has 0 atom stereocenters. The van der Waals surface area contributed by atoms with Gasteiger partial charge in [0.25, 0.3) is 5.56 Å². The molecule has 0 radical (unpaired) electrons. The minimum atomic E-state index is -0.0337. The van der Waals surface area contributed by atoms with Gasteiger partial charge in [-0.1, -0.05) is 11.6 Å². The van der Waals surface area contributed by atoms with E-state index in [4.69, 9.17) is 0 Å². The highest BCUT2D eigenvalue weighted by Crippen LogP contribution is 2.23. The van der Waals surface area contributed by atoms with E-state index in [0.29, 0.717) is 5.39 Å². The van der Waals surface area contributed by atoms with Gasteiger partial charge in [-0.25, -0.2) is 0 Å². The van der Waals surface area contributed by atoms with Crippen LogP contribution in [0.3, 0.4) is 0 Å². The van der Waals surface area contributed by atoms with Gasteiger partial charge in [0.15, 0.2) is 0 Å². The molecule has 0 aliphatic rings. The first-order valence-corrected chi connectivity index (χ1v) is 5.52. The molecule has 0 unspecified atom stereocenters. The van der Waals surface area contributed by atoms with Crippen LogP contribution in [0, 0.1) is 13.8 Å². The number of rotatable bonds is 0. The van der Waals surface area contributed by atoms with E-state index in [9.17, 15) is 4.79 Å². The van der Waals surface area contributed by atoms with Crippen LogP contribution in [-0.4, -0.2) is 14.8 Å². The maximum absolute atomic E-state index is 11.8. The van der Waals surface area contributed by atoms with Crippen LogP contribution in [0.15, 0.2) is 23.1 Å². The summed E-state index contributed by atoms with van der Waals surface area (Å²) in [7, 11) is 1.72. The highest BCUT2D eigenvalue weighted by molar-refractivity contribution is 6.03. The van der Waals surface area contributed by atoms with Crippen LogP contribution in [0.5, 0.6) is 0 Å². The molecule has 0 saturated heterocycles. The molecule has 3 rings (SSSR count). The first-order chi connectivity index (χ1) is 8.08. The first kappa shape index (κ1) is 10.1. The Hall–Kier alpha value is -2.10. The topological polar surface area (TPSA) is 50.7 Å². The second-order valence-corrected chi connectivity index (χ2v) is 4.50. The Morgan fingerprint density at radius 3 is 2.76 bits per heavy atom. The zero-order valence-electron chi connectivity index (χ0n) is 10.0. The summed E-state index contributed by atoms with van der Waals surface area (Å²) in [6.45, 7) is 4.08. The maximum Gasteiger partial charge on any atom is 0.275 e. The summed E-state index contributed by atoms with van der Waals surface area (Å²) in [5, 5.41) is 4.74. The van der Waals surface area contributed by atoms with E-state index in [2.05, 4.69) is 22.2 Å². The number of hydrogen-bond acceptors (Lipinski definition) is 2. The lowest BCUT2D eigenvalue weighted by Gasteiger charge is -2.03. The third-order valence-corrected chi connectivity index (χ3v) is 3.12. The molecule has 2 aromatic heterocycles. The quantitative estimate of drug-likeness (QED) is 0.639. The summed E-state index contributed by atoms with van der Waals surface area (Å²) in [6.07, 6.45) is 1.65. The minimum Gasteiger partial charge on any atom is -0.294 e. The Morgan fingerprint density at radius 2 is 2.00 bits per heavy atom. The number of aromatic amines is 1. The van der Waals surface area contributed by atoms with Gasteiger partial charge in [0.1, 0.15) is 0 Å². The van der Waals surface area contributed by atoms with Gasteiger partial charge in [0.2, 0.25) is 0 Å². The van der Waals surface area contributed by atoms with E-state index >= 15 is 0 Å². The number of H-pyrrole nitrogens is 1. The second kappa shape index (κ2) is 3.20. The molecular formula is C13H13N3O. The molecule has 0 saturated carbocycles. The number of nitrogens with one attached hydrogen (secondary N) is 1. The van der Waals surface area contributed by atoms with Crippen LogP contribution in [0.1, 0.15) is 11.1 Å². The number of hydrogen-bond donors (Lipinski definition) is 1. The maximum atomic E-state index is 11.8. The lowest BCUT2D eigenvalue weighted by Crippen LogP contribution is -2.11. The van der Waals surface area contributed by atoms with Crippen LogP contribution in [0.4, 0.5) is 0 Å². The number of aromatic nitrogens is 3. The van der Waals surface area contributed by atoms with Gasteiger partial charge >= 0.3 is 0 Å². The lowest BCUT2D eigenvalue weighted by atomic mass is 10.1. The number of nitrogens with zero attached hydrogens (tertiary/aromatic N) is 2. The standard InChI is InChI=1S/C13H13N3O/c1-7-4-8(2)11-9(5-7)12-10(6-14-11)13(17)16(3)15-12/h4-6,15H,1-3H3. The Balaban J connectivity index is 2.64. The van der Waals surface area contributed by atoms with Gasteiger partial charge in [-0.3, -0.25) is 19.6 Å². The molecule has 0 spiro atoms. The lowest BCUT2D eigenvalue weighted by molar-refractivity contribution is 0.751. The summed E-state index contributed by atoms with van der Waals surface area (Å²) < 4.78 is 1.49. The van der Waals surface area contributed by atoms with Crippen molar-refractivity contribution in [2.45, 2.75) is 13.8 Å². The van der Waals surface area contributed by atoms with Crippen molar-refractivity contribution >= 4 is 21.8 Å². The van der Waals surface area contributed by atoms with Crippen LogP contribution in [-0.2, 0) is 7.05 Å². The summed E-state index contributed by atoms with van der Waals surface area (Å²) in [5.74, 6) is 0. The molecule has 0 aliphatic heterocycles. The molecule has 1 N–H and O–H groups in total. The summed E-state index contributed by atoms with van der Waals surface area (Å²) in [5.41, 5.74) is 4.09. The van der Waals surface area contributed by atoms with Crippen molar-refractivity contribution in [2.24, 2.45) is 7.05 Å². The average Bonchev–Trinajstić information content (AvgIpc) is 2.56. The zero-order chi connectivity index (χ0) is 12.2. The van der Waals surface area contributed by atoms with Crippen molar-refractivity contribution in [2.75, 3.05) is 0 Å². The molecule has 3 aromatic rings. The molecular weight excluding hydrogens is 214 g/mol. The number of benzene rings is 1. The molecule has 4 nitrogen and oxygen atoms in total. The minimum absolute atomic E-state index is 0.0337. The van der Waals surface area contributed by atoms with E-state index in [1.165, 1.54) is 10.2 Å². The molecule has 2 heterocycles. The monoisotopic (exact) mass is 227 g/mol. The highest BCUT2D eigenvalue weighted by atomic mass is 16.1. The van der Waals surface area contributed by atoms with E-state index in [0.717, 1.165) is 22.0 Å². The average molecular weight is 227 g/mol. The van der Waals surface area contributed by atoms with Crippen molar-refractivity contribution < 1.29 is 0 Å². The predicted molar refractivity (Wildman–Crippen MR) is 68.3 cm³/mol. The van der Waals surface area contributed by atoms with Crippen LogP contribution in [0.25, 0.3) is 21.8 Å². The fourth-order valence-electron chi connectivity index (χ4n) is 2.34. The number of aryl methyl sites for hydroxylation is 3. The third-order valence-electron chi connectivity index (χ3n) is 3.12. The van der Waals surface area contributed by atoms with E-state index in [1.807, 2.05) is 13.8 Å². The SMILES string of the molecule is Cc1cc(C)c2ncc3c(=O)n(C)[nH]c3c2c1. The smallest absolute Gasteiger partial charge is 0.275 e. The molecule has 0 amide bonds. The van der Waals surface area contributed by atoms with Crippen LogP contribution in [0.2, 0.25) is 0 Å². The van der Waals surface area contributed by atoms with Gasteiger partial charge in [0.05, 0.1) is 16.4 Å². The molecule has 86 valence electrons. The van der Waals surface area contributed by atoms with Gasteiger partial charge < -0.3 is 0 Å². The summed E-state index contributed by atoms with van der Waals surface area (Å²) in [4.78, 5) is 16.2. The molecule has 0 bridgehead atoms. The Bertz CT molecular complexity index is 796. The van der Waals surface area contributed by atoms with Crippen LogP contribution < -0.4 is 5.56 Å². The Kier molecular flexibility index (Phi) is 1.90. The van der Waals surface area contributed by atoms with Crippen molar-refractivity contribution in [3.63, 3.8) is 0 Å². The summed E-state index contributed by atoms with van der Waals surface area (Å²) >= 11 is 0. The normalized spacial score (nSPS) is 11.5. The molecule has 0 fully saturated rings. The Morgan fingerprint density at radius 1 is 1.24 bits per heavy atom. The third kappa shape index (κ3) is 1.30. The molecule has 4 heteroatoms. The second-order valence-electron chi connectivity index (χ2n) is 4.50. The van der Waals surface area contributed by atoms with Crippen molar-refractivity contribution in [3.8, 4) is 0 Å². The zero-order valence-corrected chi connectivity index (χ0v) is 10.0. The molecule has 17 heavy (non-hydrogen) atoms. The fraction of sp³-hybridized carbons (Fsp3) is 0.231. The molecule has 0 aliphatic carbocycles. The first-order valence-electron chi connectivity index (χ1n) is 5.52. The van der Waals surface area contributed by atoms with Gasteiger partial charge in [0, 0.05) is 18.6 Å². The number of pyridine rings is 1. The Labute approximate surface area is 97.9 Å². The molecule has 1 aromatic carbocycles. The van der Waals surface area contributed by atoms with Gasteiger partial charge in [-0.15, -0.1) is 0 Å². The van der Waals surface area contributed by atoms with Gasteiger partial charge in [-0.05, 0) is 25.5 Å². The van der Waals surface area contributed by atoms with Crippen LogP contribution >= 0.6 is 0 Å². The highest BCUT2D eigenvalue weighted by Gasteiger charge is 2.10. The van der Waals surface area contributed by atoms with E-state index < -0.39 is 0 Å². The van der Waals surface area contributed by atoms with Crippen molar-refractivity contribution in [3.05, 3.63) is 39.8 Å². The van der Waals surface area contributed by atoms with Gasteiger partial charge in [-0.2, -0.15) is 0 Å². The number of fused-ring (bicyclic) bond motifs is 3. The fourth-order valence-corrected chi connectivity index (χ4v) is 2.34.